The summed E-state index contributed by atoms with van der Waals surface area (Å²) in [6, 6.07) is 7.39. The van der Waals surface area contributed by atoms with Crippen molar-refractivity contribution >= 4 is 15.9 Å². The second kappa shape index (κ2) is 4.40. The minimum Gasteiger partial charge on any atom is -0.437 e. The van der Waals surface area contributed by atoms with E-state index in [0.29, 0.717) is 5.88 Å². The quantitative estimate of drug-likeness (QED) is 0.835. The molecule has 0 spiro atoms. The van der Waals surface area contributed by atoms with Crippen molar-refractivity contribution in [1.82, 2.24) is 9.97 Å². The van der Waals surface area contributed by atoms with Crippen LogP contribution in [0.5, 0.6) is 11.6 Å². The smallest absolute Gasteiger partial charge is 0.219 e. The predicted octanol–water partition coefficient (Wildman–Crippen LogP) is 3.34. The number of hydrogen-bond acceptors (Lipinski definition) is 3. The number of aromatic nitrogens is 2. The summed E-state index contributed by atoms with van der Waals surface area (Å²) in [6.45, 7) is 1.90. The zero-order chi connectivity index (χ0) is 10.7. The average molecular weight is 265 g/mol. The summed E-state index contributed by atoms with van der Waals surface area (Å²) < 4.78 is 6.50. The maximum atomic E-state index is 5.57. The summed E-state index contributed by atoms with van der Waals surface area (Å²) in [7, 11) is 0. The summed E-state index contributed by atoms with van der Waals surface area (Å²) in [5.41, 5.74) is 0.849. The fourth-order valence-electron chi connectivity index (χ4n) is 1.11. The summed E-state index contributed by atoms with van der Waals surface area (Å²) in [5, 5.41) is 0. The van der Waals surface area contributed by atoms with Crippen LogP contribution >= 0.6 is 15.9 Å². The molecule has 76 valence electrons. The van der Waals surface area contributed by atoms with Crippen molar-refractivity contribution in [3.8, 4) is 11.6 Å². The number of ether oxygens (including phenoxy) is 1. The molecular formula is C11H9BrN2O. The Balaban J connectivity index is 2.22. The number of halogens is 1. The van der Waals surface area contributed by atoms with Crippen LogP contribution in [0.3, 0.4) is 0 Å². The lowest BCUT2D eigenvalue weighted by Crippen LogP contribution is -1.91. The van der Waals surface area contributed by atoms with Crippen LogP contribution in [0.2, 0.25) is 0 Å². The molecule has 0 unspecified atom stereocenters. The summed E-state index contributed by atoms with van der Waals surface area (Å²) in [5.74, 6) is 1.29. The van der Waals surface area contributed by atoms with E-state index in [9.17, 15) is 0 Å². The Morgan fingerprint density at radius 2 is 2.07 bits per heavy atom. The first kappa shape index (κ1) is 10.1. The van der Waals surface area contributed by atoms with Gasteiger partial charge < -0.3 is 4.74 Å². The third kappa shape index (κ3) is 2.53. The Morgan fingerprint density at radius 1 is 1.20 bits per heavy atom. The summed E-state index contributed by atoms with van der Waals surface area (Å²) >= 11 is 3.31. The van der Waals surface area contributed by atoms with Crippen LogP contribution in [0.4, 0.5) is 0 Å². The first-order chi connectivity index (χ1) is 7.25. The van der Waals surface area contributed by atoms with E-state index < -0.39 is 0 Å². The van der Waals surface area contributed by atoms with Gasteiger partial charge in [0.2, 0.25) is 5.88 Å². The summed E-state index contributed by atoms with van der Waals surface area (Å²) in [6.07, 6.45) is 3.43. The van der Waals surface area contributed by atoms with E-state index in [1.165, 1.54) is 0 Å². The molecule has 0 saturated carbocycles. The highest BCUT2D eigenvalue weighted by atomic mass is 79.9. The van der Waals surface area contributed by atoms with Gasteiger partial charge in [0.25, 0.3) is 0 Å². The van der Waals surface area contributed by atoms with E-state index in [2.05, 4.69) is 25.9 Å². The SMILES string of the molecule is Cc1ncccc1Oc1ccc(Br)cn1. The lowest BCUT2D eigenvalue weighted by Gasteiger charge is -2.05. The monoisotopic (exact) mass is 264 g/mol. The van der Waals surface area contributed by atoms with Crippen molar-refractivity contribution in [2.45, 2.75) is 6.92 Å². The molecular weight excluding hydrogens is 256 g/mol. The molecule has 0 atom stereocenters. The average Bonchev–Trinajstić information content (AvgIpc) is 2.25. The number of nitrogens with zero attached hydrogens (tertiary/aromatic N) is 2. The van der Waals surface area contributed by atoms with Crippen molar-refractivity contribution in [3.63, 3.8) is 0 Å². The molecule has 0 N–H and O–H groups in total. The molecule has 0 aliphatic heterocycles. The van der Waals surface area contributed by atoms with Gasteiger partial charge in [0, 0.05) is 22.9 Å². The molecule has 2 heterocycles. The molecule has 0 saturated heterocycles. The van der Waals surface area contributed by atoms with Gasteiger partial charge in [0.1, 0.15) is 0 Å². The molecule has 0 radical (unpaired) electrons. The highest BCUT2D eigenvalue weighted by Gasteiger charge is 2.01. The van der Waals surface area contributed by atoms with E-state index in [-0.39, 0.29) is 0 Å². The zero-order valence-electron chi connectivity index (χ0n) is 8.14. The second-order valence-corrected chi connectivity index (χ2v) is 3.92. The predicted molar refractivity (Wildman–Crippen MR) is 61.0 cm³/mol. The molecule has 0 aromatic carbocycles. The van der Waals surface area contributed by atoms with Crippen LogP contribution in [0.25, 0.3) is 0 Å². The van der Waals surface area contributed by atoms with Gasteiger partial charge in [0.15, 0.2) is 5.75 Å². The third-order valence-electron chi connectivity index (χ3n) is 1.87. The topological polar surface area (TPSA) is 35.0 Å². The first-order valence-electron chi connectivity index (χ1n) is 4.47. The van der Waals surface area contributed by atoms with Crippen LogP contribution in [-0.4, -0.2) is 9.97 Å². The van der Waals surface area contributed by atoms with Crippen molar-refractivity contribution in [1.29, 1.82) is 0 Å². The van der Waals surface area contributed by atoms with Crippen LogP contribution in [-0.2, 0) is 0 Å². The van der Waals surface area contributed by atoms with Gasteiger partial charge >= 0.3 is 0 Å². The van der Waals surface area contributed by atoms with E-state index in [4.69, 9.17) is 4.74 Å². The normalized spacial score (nSPS) is 10.0. The number of hydrogen-bond donors (Lipinski definition) is 0. The van der Waals surface area contributed by atoms with E-state index in [0.717, 1.165) is 15.9 Å². The first-order valence-corrected chi connectivity index (χ1v) is 5.26. The Morgan fingerprint density at radius 3 is 2.73 bits per heavy atom. The Labute approximate surface area is 96.3 Å². The van der Waals surface area contributed by atoms with E-state index in [1.807, 2.05) is 25.1 Å². The fraction of sp³-hybridized carbons (Fsp3) is 0.0909. The van der Waals surface area contributed by atoms with Crippen LogP contribution in [0.15, 0.2) is 41.1 Å². The molecule has 4 heteroatoms. The maximum Gasteiger partial charge on any atom is 0.219 e. The minimum absolute atomic E-state index is 0.564. The van der Waals surface area contributed by atoms with Crippen molar-refractivity contribution < 1.29 is 4.74 Å². The molecule has 0 amide bonds. The third-order valence-corrected chi connectivity index (χ3v) is 2.34. The lowest BCUT2D eigenvalue weighted by molar-refractivity contribution is 0.456. The Kier molecular flexibility index (Phi) is 2.97. The molecule has 0 bridgehead atoms. The van der Waals surface area contributed by atoms with Gasteiger partial charge in [-0.25, -0.2) is 4.98 Å². The molecule has 2 rings (SSSR count). The fourth-order valence-corrected chi connectivity index (χ4v) is 1.35. The molecule has 3 nitrogen and oxygen atoms in total. The van der Waals surface area contributed by atoms with Gasteiger partial charge in [-0.15, -0.1) is 0 Å². The molecule has 0 aliphatic carbocycles. The second-order valence-electron chi connectivity index (χ2n) is 3.00. The summed E-state index contributed by atoms with van der Waals surface area (Å²) in [4.78, 5) is 8.25. The highest BCUT2D eigenvalue weighted by Crippen LogP contribution is 2.22. The lowest BCUT2D eigenvalue weighted by atomic mass is 10.3. The number of rotatable bonds is 2. The highest BCUT2D eigenvalue weighted by molar-refractivity contribution is 9.10. The molecule has 0 fully saturated rings. The largest absolute Gasteiger partial charge is 0.437 e. The molecule has 2 aromatic rings. The standard InChI is InChI=1S/C11H9BrN2O/c1-8-10(3-2-6-13-8)15-11-5-4-9(12)7-14-11/h2-7H,1H3. The van der Waals surface area contributed by atoms with Gasteiger partial charge in [-0.3, -0.25) is 4.98 Å². The van der Waals surface area contributed by atoms with Crippen molar-refractivity contribution in [2.75, 3.05) is 0 Å². The van der Waals surface area contributed by atoms with Gasteiger partial charge in [-0.1, -0.05) is 0 Å². The van der Waals surface area contributed by atoms with Gasteiger partial charge in [-0.2, -0.15) is 0 Å². The number of pyridine rings is 2. The molecule has 2 aromatic heterocycles. The van der Waals surface area contributed by atoms with Crippen LogP contribution in [0.1, 0.15) is 5.69 Å². The zero-order valence-corrected chi connectivity index (χ0v) is 9.73. The molecule has 0 aliphatic rings. The van der Waals surface area contributed by atoms with Crippen LogP contribution in [0, 0.1) is 6.92 Å². The molecule has 15 heavy (non-hydrogen) atoms. The van der Waals surface area contributed by atoms with Crippen molar-refractivity contribution in [2.24, 2.45) is 0 Å². The Bertz CT molecular complexity index is 456. The maximum absolute atomic E-state index is 5.57. The van der Waals surface area contributed by atoms with Gasteiger partial charge in [0.05, 0.1) is 5.69 Å². The van der Waals surface area contributed by atoms with E-state index >= 15 is 0 Å². The Hall–Kier alpha value is -1.42. The number of aryl methyl sites for hydroxylation is 1. The van der Waals surface area contributed by atoms with Crippen LogP contribution < -0.4 is 4.74 Å². The van der Waals surface area contributed by atoms with Crippen molar-refractivity contribution in [3.05, 3.63) is 46.8 Å². The van der Waals surface area contributed by atoms with Gasteiger partial charge in [-0.05, 0) is 41.1 Å². The minimum atomic E-state index is 0.564. The van der Waals surface area contributed by atoms with E-state index in [1.54, 1.807) is 18.5 Å².